The number of hydrogen-bond acceptors (Lipinski definition) is 9. The highest BCUT2D eigenvalue weighted by Crippen LogP contribution is 1.94. The molecule has 0 aromatic rings. The molecular weight excluding hydrogens is 384 g/mol. The topological polar surface area (TPSA) is 97.0 Å². The zero-order chi connectivity index (χ0) is 20.8. The van der Waals surface area contributed by atoms with E-state index in [2.05, 4.69) is 5.32 Å². The van der Waals surface area contributed by atoms with Gasteiger partial charge in [0.1, 0.15) is 0 Å². The largest absolute Gasteiger partial charge is 0.382 e. The SMILES string of the molecule is COCCOCCOCCOCCOCCOCCOCCN1CCNCC1=O. The predicted molar refractivity (Wildman–Crippen MR) is 106 cm³/mol. The van der Waals surface area contributed by atoms with Gasteiger partial charge in [-0.15, -0.1) is 0 Å². The van der Waals surface area contributed by atoms with Crippen molar-refractivity contribution in [3.63, 3.8) is 0 Å². The highest BCUT2D eigenvalue weighted by atomic mass is 16.6. The van der Waals surface area contributed by atoms with E-state index in [4.69, 9.17) is 33.2 Å². The number of rotatable bonds is 21. The van der Waals surface area contributed by atoms with Crippen LogP contribution in [0.15, 0.2) is 0 Å². The van der Waals surface area contributed by atoms with Crippen molar-refractivity contribution in [2.24, 2.45) is 0 Å². The van der Waals surface area contributed by atoms with E-state index >= 15 is 0 Å². The fraction of sp³-hybridized carbons (Fsp3) is 0.947. The first-order valence-electron chi connectivity index (χ1n) is 10.3. The molecule has 0 atom stereocenters. The number of methoxy groups -OCH3 is 1. The summed E-state index contributed by atoms with van der Waals surface area (Å²) in [4.78, 5) is 13.4. The van der Waals surface area contributed by atoms with E-state index in [1.807, 2.05) is 4.90 Å². The van der Waals surface area contributed by atoms with Crippen LogP contribution in [-0.4, -0.2) is 130 Å². The Morgan fingerprint density at radius 1 is 0.690 bits per heavy atom. The molecule has 0 saturated carbocycles. The van der Waals surface area contributed by atoms with Crippen LogP contribution in [-0.2, 0) is 38.0 Å². The van der Waals surface area contributed by atoms with Crippen LogP contribution in [0.2, 0.25) is 0 Å². The molecule has 1 N–H and O–H groups in total. The van der Waals surface area contributed by atoms with Gasteiger partial charge in [0.15, 0.2) is 0 Å². The molecule has 0 unspecified atom stereocenters. The summed E-state index contributed by atoms with van der Waals surface area (Å²) in [6.07, 6.45) is 0. The highest BCUT2D eigenvalue weighted by molar-refractivity contribution is 5.78. The summed E-state index contributed by atoms with van der Waals surface area (Å²) in [5.41, 5.74) is 0. The monoisotopic (exact) mass is 422 g/mol. The number of nitrogens with zero attached hydrogens (tertiary/aromatic N) is 1. The van der Waals surface area contributed by atoms with Crippen molar-refractivity contribution in [2.45, 2.75) is 0 Å². The van der Waals surface area contributed by atoms with Crippen molar-refractivity contribution in [3.8, 4) is 0 Å². The Labute approximate surface area is 174 Å². The van der Waals surface area contributed by atoms with E-state index in [1.54, 1.807) is 7.11 Å². The van der Waals surface area contributed by atoms with Crippen LogP contribution in [0.3, 0.4) is 0 Å². The summed E-state index contributed by atoms with van der Waals surface area (Å²) in [6.45, 7) is 9.70. The van der Waals surface area contributed by atoms with Crippen molar-refractivity contribution in [3.05, 3.63) is 0 Å². The Bertz CT molecular complexity index is 376. The second-order valence-electron chi connectivity index (χ2n) is 6.22. The lowest BCUT2D eigenvalue weighted by atomic mass is 10.3. The minimum atomic E-state index is 0.132. The van der Waals surface area contributed by atoms with E-state index in [-0.39, 0.29) is 5.91 Å². The average molecular weight is 423 g/mol. The number of piperazine rings is 1. The van der Waals surface area contributed by atoms with Crippen LogP contribution in [0.5, 0.6) is 0 Å². The van der Waals surface area contributed by atoms with Crippen molar-refractivity contribution in [2.75, 3.05) is 119 Å². The molecular formula is C19H38N2O8. The minimum Gasteiger partial charge on any atom is -0.382 e. The number of ether oxygens (including phenoxy) is 7. The molecule has 172 valence electrons. The van der Waals surface area contributed by atoms with Crippen LogP contribution in [0.25, 0.3) is 0 Å². The second kappa shape index (κ2) is 20.4. The maximum Gasteiger partial charge on any atom is 0.236 e. The van der Waals surface area contributed by atoms with Gasteiger partial charge >= 0.3 is 0 Å². The van der Waals surface area contributed by atoms with E-state index < -0.39 is 0 Å². The number of amides is 1. The first-order chi connectivity index (χ1) is 14.3. The molecule has 0 aromatic carbocycles. The molecule has 0 bridgehead atoms. The fourth-order valence-corrected chi connectivity index (χ4v) is 2.40. The highest BCUT2D eigenvalue weighted by Gasteiger charge is 2.16. The number of carbonyl (C=O) groups excluding carboxylic acids is 1. The van der Waals surface area contributed by atoms with Gasteiger partial charge in [-0.1, -0.05) is 0 Å². The minimum absolute atomic E-state index is 0.132. The molecule has 0 aromatic heterocycles. The third-order valence-corrected chi connectivity index (χ3v) is 3.98. The van der Waals surface area contributed by atoms with Gasteiger partial charge in [0, 0.05) is 26.7 Å². The van der Waals surface area contributed by atoms with E-state index in [1.165, 1.54) is 0 Å². The maximum atomic E-state index is 11.6. The van der Waals surface area contributed by atoms with Gasteiger partial charge in [-0.05, 0) is 0 Å². The van der Waals surface area contributed by atoms with Gasteiger partial charge in [-0.3, -0.25) is 4.79 Å². The first kappa shape index (κ1) is 26.2. The molecule has 1 fully saturated rings. The zero-order valence-corrected chi connectivity index (χ0v) is 17.7. The standard InChI is InChI=1S/C19H38N2O8/c1-23-6-7-25-10-11-27-14-15-29-17-16-28-13-12-26-9-8-24-5-4-21-3-2-20-18-19(21)22/h20H,2-18H2,1H3. The molecule has 1 saturated heterocycles. The lowest BCUT2D eigenvalue weighted by Gasteiger charge is -2.27. The van der Waals surface area contributed by atoms with Crippen LogP contribution < -0.4 is 5.32 Å². The van der Waals surface area contributed by atoms with E-state index in [0.717, 1.165) is 13.1 Å². The first-order valence-corrected chi connectivity index (χ1v) is 10.3. The Morgan fingerprint density at radius 3 is 1.52 bits per heavy atom. The van der Waals surface area contributed by atoms with E-state index in [0.29, 0.717) is 99.0 Å². The Balaban J connectivity index is 1.67. The molecule has 1 amide bonds. The summed E-state index contributed by atoms with van der Waals surface area (Å²) >= 11 is 0. The lowest BCUT2D eigenvalue weighted by Crippen LogP contribution is -2.49. The Morgan fingerprint density at radius 2 is 1.10 bits per heavy atom. The van der Waals surface area contributed by atoms with Crippen LogP contribution in [0, 0.1) is 0 Å². The third kappa shape index (κ3) is 16.6. The van der Waals surface area contributed by atoms with Gasteiger partial charge in [-0.2, -0.15) is 0 Å². The molecule has 1 aliphatic heterocycles. The third-order valence-electron chi connectivity index (χ3n) is 3.98. The molecule has 0 radical (unpaired) electrons. The molecule has 1 heterocycles. The summed E-state index contributed by atoms with van der Waals surface area (Å²) in [7, 11) is 1.64. The van der Waals surface area contributed by atoms with Gasteiger partial charge in [0.2, 0.25) is 5.91 Å². The van der Waals surface area contributed by atoms with Gasteiger partial charge in [0.05, 0.1) is 92.4 Å². The van der Waals surface area contributed by atoms with Crippen LogP contribution in [0.1, 0.15) is 0 Å². The Hall–Kier alpha value is -0.850. The molecule has 10 nitrogen and oxygen atoms in total. The van der Waals surface area contributed by atoms with Gasteiger partial charge in [-0.25, -0.2) is 0 Å². The molecule has 1 aliphatic rings. The predicted octanol–water partition coefficient (Wildman–Crippen LogP) is -0.836. The molecule has 1 rings (SSSR count). The summed E-state index contributed by atoms with van der Waals surface area (Å²) < 4.78 is 37.3. The van der Waals surface area contributed by atoms with E-state index in [9.17, 15) is 4.79 Å². The van der Waals surface area contributed by atoms with Gasteiger partial charge in [0.25, 0.3) is 0 Å². The number of hydrogen-bond donors (Lipinski definition) is 1. The Kier molecular flexibility index (Phi) is 18.4. The fourth-order valence-electron chi connectivity index (χ4n) is 2.40. The van der Waals surface area contributed by atoms with Crippen LogP contribution in [0.4, 0.5) is 0 Å². The number of nitrogens with one attached hydrogen (secondary N) is 1. The summed E-state index contributed by atoms with van der Waals surface area (Å²) in [5.74, 6) is 0.132. The summed E-state index contributed by atoms with van der Waals surface area (Å²) in [5, 5.41) is 3.04. The molecule has 10 heteroatoms. The summed E-state index contributed by atoms with van der Waals surface area (Å²) in [6, 6.07) is 0. The smallest absolute Gasteiger partial charge is 0.236 e. The molecule has 0 aliphatic carbocycles. The maximum absolute atomic E-state index is 11.6. The average Bonchev–Trinajstić information content (AvgIpc) is 2.73. The zero-order valence-electron chi connectivity index (χ0n) is 17.7. The molecule has 0 spiro atoms. The normalized spacial score (nSPS) is 14.7. The van der Waals surface area contributed by atoms with Crippen molar-refractivity contribution in [1.29, 1.82) is 0 Å². The van der Waals surface area contributed by atoms with Crippen molar-refractivity contribution >= 4 is 5.91 Å². The lowest BCUT2D eigenvalue weighted by molar-refractivity contribution is -0.132. The van der Waals surface area contributed by atoms with Crippen molar-refractivity contribution < 1.29 is 38.0 Å². The quantitative estimate of drug-likeness (QED) is 0.238. The van der Waals surface area contributed by atoms with Gasteiger partial charge < -0.3 is 43.4 Å². The van der Waals surface area contributed by atoms with Crippen LogP contribution >= 0.6 is 0 Å². The number of carbonyl (C=O) groups is 1. The van der Waals surface area contributed by atoms with Crippen molar-refractivity contribution in [1.82, 2.24) is 10.2 Å². The molecule has 29 heavy (non-hydrogen) atoms. The second-order valence-corrected chi connectivity index (χ2v) is 6.22.